The molecule has 0 aliphatic heterocycles. The van der Waals surface area contributed by atoms with E-state index < -0.39 is 32.7 Å². The van der Waals surface area contributed by atoms with Crippen LogP contribution in [0.5, 0.6) is 0 Å². The molecule has 0 heterocycles. The van der Waals surface area contributed by atoms with Gasteiger partial charge in [0.05, 0.1) is 18.8 Å². The summed E-state index contributed by atoms with van der Waals surface area (Å²) >= 11 is 3.26. The highest BCUT2D eigenvalue weighted by molar-refractivity contribution is 9.10. The zero-order valence-corrected chi connectivity index (χ0v) is 14.0. The second kappa shape index (κ2) is 7.56. The smallest absolute Gasteiger partial charge is 0.306 e. The average Bonchev–Trinajstić information content (AvgIpc) is 2.40. The lowest BCUT2D eigenvalue weighted by molar-refractivity contribution is -0.140. The summed E-state index contributed by atoms with van der Waals surface area (Å²) in [5, 5.41) is 1.52. The highest BCUT2D eigenvalue weighted by atomic mass is 79.9. The van der Waals surface area contributed by atoms with Gasteiger partial charge < -0.3 is 10.1 Å². The molecule has 0 spiro atoms. The number of amides is 1. The topological polar surface area (TPSA) is 89.5 Å². The molecule has 1 unspecified atom stereocenters. The molecule has 0 aliphatic rings. The number of benzene rings is 1. The fraction of sp³-hybridized carbons (Fsp3) is 0.385. The molecule has 1 N–H and O–H groups in total. The van der Waals surface area contributed by atoms with E-state index in [2.05, 4.69) is 26.0 Å². The van der Waals surface area contributed by atoms with Crippen LogP contribution in [0.3, 0.4) is 0 Å². The Kier molecular flexibility index (Phi) is 6.35. The van der Waals surface area contributed by atoms with Gasteiger partial charge in [0.1, 0.15) is 5.75 Å². The molecule has 0 fully saturated rings. The van der Waals surface area contributed by atoms with Crippen molar-refractivity contribution in [3.05, 3.63) is 28.7 Å². The Labute approximate surface area is 131 Å². The van der Waals surface area contributed by atoms with Gasteiger partial charge >= 0.3 is 5.97 Å². The van der Waals surface area contributed by atoms with Gasteiger partial charge in [-0.15, -0.1) is 0 Å². The first-order valence-electron chi connectivity index (χ1n) is 6.08. The Morgan fingerprint density at radius 1 is 1.29 bits per heavy atom. The van der Waals surface area contributed by atoms with Gasteiger partial charge in [-0.3, -0.25) is 9.59 Å². The van der Waals surface area contributed by atoms with Crippen LogP contribution in [0.1, 0.15) is 13.3 Å². The molecule has 1 aromatic carbocycles. The Hall–Kier alpha value is -1.41. The summed E-state index contributed by atoms with van der Waals surface area (Å²) in [4.78, 5) is 22.8. The molecule has 1 atom stereocenters. The van der Waals surface area contributed by atoms with E-state index in [1.54, 1.807) is 24.3 Å². The van der Waals surface area contributed by atoms with Gasteiger partial charge in [0, 0.05) is 10.2 Å². The van der Waals surface area contributed by atoms with Crippen molar-refractivity contribution in [3.8, 4) is 0 Å². The van der Waals surface area contributed by atoms with Crippen LogP contribution < -0.4 is 5.32 Å². The van der Waals surface area contributed by atoms with Gasteiger partial charge in [-0.2, -0.15) is 0 Å². The molecule has 21 heavy (non-hydrogen) atoms. The fourth-order valence-electron chi connectivity index (χ4n) is 1.50. The molecule has 0 bridgehead atoms. The van der Waals surface area contributed by atoms with Crippen LogP contribution in [-0.2, 0) is 24.2 Å². The number of hydrogen-bond acceptors (Lipinski definition) is 5. The zero-order chi connectivity index (χ0) is 16.0. The van der Waals surface area contributed by atoms with E-state index >= 15 is 0 Å². The number of nitrogens with one attached hydrogen (secondary N) is 1. The average molecular weight is 378 g/mol. The monoisotopic (exact) mass is 377 g/mol. The standard InChI is InChI=1S/C13H16BrNO5S/c1-9(7-13(17)20-2)21(18,19)8-12(16)15-11-5-3-10(14)4-6-11/h3-6,9H,7-8H2,1-2H3,(H,15,16). The van der Waals surface area contributed by atoms with E-state index in [9.17, 15) is 18.0 Å². The number of rotatable bonds is 6. The molecule has 6 nitrogen and oxygen atoms in total. The maximum atomic E-state index is 12.0. The number of esters is 1. The highest BCUT2D eigenvalue weighted by Gasteiger charge is 2.26. The van der Waals surface area contributed by atoms with E-state index in [0.29, 0.717) is 5.69 Å². The van der Waals surface area contributed by atoms with Crippen molar-refractivity contribution in [2.75, 3.05) is 18.2 Å². The fourth-order valence-corrected chi connectivity index (χ4v) is 2.88. The largest absolute Gasteiger partial charge is 0.469 e. The van der Waals surface area contributed by atoms with Crippen LogP contribution in [0.2, 0.25) is 0 Å². The van der Waals surface area contributed by atoms with Gasteiger partial charge in [-0.1, -0.05) is 15.9 Å². The Bertz CT molecular complexity index is 612. The summed E-state index contributed by atoms with van der Waals surface area (Å²) in [6.07, 6.45) is -0.273. The van der Waals surface area contributed by atoms with Crippen molar-refractivity contribution in [3.63, 3.8) is 0 Å². The summed E-state index contributed by atoms with van der Waals surface area (Å²) < 4.78 is 29.2. The number of ether oxygens (including phenoxy) is 1. The summed E-state index contributed by atoms with van der Waals surface area (Å²) in [7, 11) is -2.53. The predicted octanol–water partition coefficient (Wildman–Crippen LogP) is 1.75. The van der Waals surface area contributed by atoms with Crippen LogP contribution in [0, 0.1) is 0 Å². The van der Waals surface area contributed by atoms with Gasteiger partial charge in [0.2, 0.25) is 5.91 Å². The number of anilines is 1. The third-order valence-electron chi connectivity index (χ3n) is 2.76. The maximum Gasteiger partial charge on any atom is 0.306 e. The summed E-state index contributed by atoms with van der Waals surface area (Å²) in [6, 6.07) is 6.74. The first-order chi connectivity index (χ1) is 9.74. The molecule has 0 radical (unpaired) electrons. The Morgan fingerprint density at radius 3 is 2.38 bits per heavy atom. The number of carbonyl (C=O) groups is 2. The van der Waals surface area contributed by atoms with Gasteiger partial charge in [0.15, 0.2) is 9.84 Å². The molecule has 0 aliphatic carbocycles. The molecule has 0 saturated carbocycles. The molecule has 0 saturated heterocycles. The van der Waals surface area contributed by atoms with Crippen LogP contribution in [0.15, 0.2) is 28.7 Å². The highest BCUT2D eigenvalue weighted by Crippen LogP contribution is 2.14. The lowest BCUT2D eigenvalue weighted by Gasteiger charge is -2.12. The van der Waals surface area contributed by atoms with Crippen molar-refractivity contribution in [2.24, 2.45) is 0 Å². The molecular weight excluding hydrogens is 362 g/mol. The molecular formula is C13H16BrNO5S. The minimum Gasteiger partial charge on any atom is -0.469 e. The van der Waals surface area contributed by atoms with Crippen LogP contribution >= 0.6 is 15.9 Å². The van der Waals surface area contributed by atoms with Crippen LogP contribution in [0.4, 0.5) is 5.69 Å². The van der Waals surface area contributed by atoms with Crippen molar-refractivity contribution in [1.29, 1.82) is 0 Å². The number of carbonyl (C=O) groups excluding carboxylic acids is 2. The molecule has 116 valence electrons. The third kappa shape index (κ3) is 5.84. The number of hydrogen-bond donors (Lipinski definition) is 1. The SMILES string of the molecule is COC(=O)CC(C)S(=O)(=O)CC(=O)Nc1ccc(Br)cc1. The van der Waals surface area contributed by atoms with E-state index in [-0.39, 0.29) is 6.42 Å². The molecule has 1 aromatic rings. The molecule has 1 rings (SSSR count). The minimum atomic E-state index is -3.72. The quantitative estimate of drug-likeness (QED) is 0.762. The maximum absolute atomic E-state index is 12.0. The molecule has 1 amide bonds. The zero-order valence-electron chi connectivity index (χ0n) is 11.6. The molecule has 0 aromatic heterocycles. The summed E-state index contributed by atoms with van der Waals surface area (Å²) in [6.45, 7) is 1.37. The van der Waals surface area contributed by atoms with E-state index in [4.69, 9.17) is 0 Å². The lowest BCUT2D eigenvalue weighted by atomic mass is 10.3. The summed E-state index contributed by atoms with van der Waals surface area (Å²) in [5.74, 6) is -1.95. The normalized spacial score (nSPS) is 12.5. The Balaban J connectivity index is 2.64. The Morgan fingerprint density at radius 2 is 1.86 bits per heavy atom. The number of halogens is 1. The van der Waals surface area contributed by atoms with Crippen molar-refractivity contribution in [2.45, 2.75) is 18.6 Å². The minimum absolute atomic E-state index is 0.273. The first kappa shape index (κ1) is 17.6. The van der Waals surface area contributed by atoms with Crippen LogP contribution in [-0.4, -0.2) is 38.4 Å². The lowest BCUT2D eigenvalue weighted by Crippen LogP contribution is -2.31. The van der Waals surface area contributed by atoms with Crippen molar-refractivity contribution in [1.82, 2.24) is 0 Å². The molecule has 8 heteroatoms. The number of methoxy groups -OCH3 is 1. The van der Waals surface area contributed by atoms with E-state index in [1.807, 2.05) is 0 Å². The van der Waals surface area contributed by atoms with Crippen LogP contribution in [0.25, 0.3) is 0 Å². The third-order valence-corrected chi connectivity index (χ3v) is 5.34. The van der Waals surface area contributed by atoms with E-state index in [0.717, 1.165) is 4.47 Å². The first-order valence-corrected chi connectivity index (χ1v) is 8.59. The van der Waals surface area contributed by atoms with Gasteiger partial charge in [-0.25, -0.2) is 8.42 Å². The van der Waals surface area contributed by atoms with E-state index in [1.165, 1.54) is 14.0 Å². The summed E-state index contributed by atoms with van der Waals surface area (Å²) in [5.41, 5.74) is 0.499. The van der Waals surface area contributed by atoms with Gasteiger partial charge in [0.25, 0.3) is 0 Å². The second-order valence-corrected chi connectivity index (χ2v) is 7.79. The predicted molar refractivity (Wildman–Crippen MR) is 82.7 cm³/mol. The van der Waals surface area contributed by atoms with Crippen molar-refractivity contribution >= 4 is 43.3 Å². The van der Waals surface area contributed by atoms with Crippen molar-refractivity contribution < 1.29 is 22.7 Å². The van der Waals surface area contributed by atoms with Gasteiger partial charge in [-0.05, 0) is 31.2 Å². The second-order valence-electron chi connectivity index (χ2n) is 4.45. The number of sulfone groups is 1.